The molecule has 3 aliphatic heterocycles. The summed E-state index contributed by atoms with van der Waals surface area (Å²) in [6, 6.07) is 5.64. The molecule has 5 rings (SSSR count). The van der Waals surface area contributed by atoms with Gasteiger partial charge >= 0.3 is 0 Å². The highest BCUT2D eigenvalue weighted by Crippen LogP contribution is 2.25. The Morgan fingerprint density at radius 3 is 1.97 bits per heavy atom. The summed E-state index contributed by atoms with van der Waals surface area (Å²) >= 11 is 0. The van der Waals surface area contributed by atoms with Crippen LogP contribution in [0.5, 0.6) is 0 Å². The van der Waals surface area contributed by atoms with E-state index in [4.69, 9.17) is 29.4 Å². The zero-order valence-electron chi connectivity index (χ0n) is 16.9. The Morgan fingerprint density at radius 1 is 0.767 bits per heavy atom. The molecule has 158 valence electrons. The van der Waals surface area contributed by atoms with Crippen LogP contribution in [0.3, 0.4) is 0 Å². The fourth-order valence-electron chi connectivity index (χ4n) is 3.87. The Kier molecular flexibility index (Phi) is 5.41. The van der Waals surface area contributed by atoms with Gasteiger partial charge in [-0.15, -0.1) is 0 Å². The number of amides is 1. The molecule has 0 aromatic carbocycles. The van der Waals surface area contributed by atoms with Crippen LogP contribution in [0.1, 0.15) is 12.8 Å². The maximum atomic E-state index is 12.2. The highest BCUT2D eigenvalue weighted by Gasteiger charge is 2.25. The molecule has 0 N–H and O–H groups in total. The van der Waals surface area contributed by atoms with Crippen LogP contribution in [0.4, 0.5) is 17.7 Å². The van der Waals surface area contributed by atoms with Gasteiger partial charge in [0.1, 0.15) is 11.5 Å². The van der Waals surface area contributed by atoms with Crippen LogP contribution < -0.4 is 14.7 Å². The summed E-state index contributed by atoms with van der Waals surface area (Å²) < 4.78 is 11.0. The summed E-state index contributed by atoms with van der Waals surface area (Å²) in [5, 5.41) is 0. The van der Waals surface area contributed by atoms with Crippen molar-refractivity contribution in [1.82, 2.24) is 19.9 Å². The van der Waals surface area contributed by atoms with E-state index >= 15 is 0 Å². The number of carbonyl (C=O) groups excluding carboxylic acids is 1. The third-order valence-electron chi connectivity index (χ3n) is 5.51. The number of aromatic nitrogens is 4. The molecule has 10 nitrogen and oxygen atoms in total. The largest absolute Gasteiger partial charge is 0.378 e. The number of rotatable bonds is 4. The van der Waals surface area contributed by atoms with E-state index in [9.17, 15) is 4.79 Å². The Balaban J connectivity index is 1.52. The number of nitrogens with zero attached hydrogens (tertiary/aromatic N) is 7. The molecule has 3 aliphatic rings. The Morgan fingerprint density at radius 2 is 1.40 bits per heavy atom. The lowest BCUT2D eigenvalue weighted by molar-refractivity contribution is -0.117. The van der Waals surface area contributed by atoms with Crippen molar-refractivity contribution in [3.8, 4) is 11.5 Å². The van der Waals surface area contributed by atoms with Crippen molar-refractivity contribution in [2.45, 2.75) is 12.8 Å². The molecule has 0 unspecified atom stereocenters. The minimum absolute atomic E-state index is 0.110. The van der Waals surface area contributed by atoms with Crippen LogP contribution >= 0.6 is 0 Å². The predicted octanol–water partition coefficient (Wildman–Crippen LogP) is 0.734. The van der Waals surface area contributed by atoms with Crippen LogP contribution in [0.25, 0.3) is 11.5 Å². The molecule has 3 fully saturated rings. The maximum absolute atomic E-state index is 12.2. The molecule has 0 atom stereocenters. The number of ether oxygens (including phenoxy) is 2. The van der Waals surface area contributed by atoms with Gasteiger partial charge in [-0.25, -0.2) is 4.98 Å². The average Bonchev–Trinajstić information content (AvgIpc) is 3.26. The molecule has 0 saturated carbocycles. The molecule has 0 radical (unpaired) electrons. The van der Waals surface area contributed by atoms with Crippen LogP contribution in [-0.2, 0) is 14.3 Å². The first kappa shape index (κ1) is 19.1. The molecular weight excluding hydrogens is 386 g/mol. The summed E-state index contributed by atoms with van der Waals surface area (Å²) in [4.78, 5) is 37.0. The number of morpholine rings is 2. The smallest absolute Gasteiger partial charge is 0.230 e. The van der Waals surface area contributed by atoms with Crippen molar-refractivity contribution in [2.24, 2.45) is 0 Å². The minimum Gasteiger partial charge on any atom is -0.378 e. The van der Waals surface area contributed by atoms with Gasteiger partial charge < -0.3 is 19.3 Å². The van der Waals surface area contributed by atoms with Crippen molar-refractivity contribution in [3.63, 3.8) is 0 Å². The second kappa shape index (κ2) is 8.49. The normalized spacial score (nSPS) is 20.1. The van der Waals surface area contributed by atoms with Gasteiger partial charge in [0, 0.05) is 39.1 Å². The van der Waals surface area contributed by atoms with E-state index in [2.05, 4.69) is 9.80 Å². The zero-order valence-corrected chi connectivity index (χ0v) is 16.9. The van der Waals surface area contributed by atoms with Crippen molar-refractivity contribution in [3.05, 3.63) is 18.2 Å². The first-order valence-electron chi connectivity index (χ1n) is 10.5. The summed E-state index contributed by atoms with van der Waals surface area (Å²) in [5.74, 6) is 2.54. The second-order valence-corrected chi connectivity index (χ2v) is 7.49. The van der Waals surface area contributed by atoms with Crippen LogP contribution in [0.15, 0.2) is 18.2 Å². The highest BCUT2D eigenvalue weighted by atomic mass is 16.5. The van der Waals surface area contributed by atoms with Gasteiger partial charge in [0.25, 0.3) is 0 Å². The maximum Gasteiger partial charge on any atom is 0.230 e. The number of hydrogen-bond acceptors (Lipinski definition) is 9. The summed E-state index contributed by atoms with van der Waals surface area (Å²) in [6.07, 6.45) is 1.43. The highest BCUT2D eigenvalue weighted by molar-refractivity contribution is 5.94. The van der Waals surface area contributed by atoms with Gasteiger partial charge in [0.15, 0.2) is 5.82 Å². The molecule has 2 aromatic heterocycles. The van der Waals surface area contributed by atoms with Gasteiger partial charge in [0.2, 0.25) is 17.8 Å². The van der Waals surface area contributed by atoms with Crippen molar-refractivity contribution in [2.75, 3.05) is 73.9 Å². The minimum atomic E-state index is 0.110. The number of carbonyl (C=O) groups is 1. The number of anilines is 3. The molecule has 10 heteroatoms. The van der Waals surface area contributed by atoms with E-state index in [-0.39, 0.29) is 5.91 Å². The molecule has 0 aliphatic carbocycles. The van der Waals surface area contributed by atoms with Gasteiger partial charge in [-0.1, -0.05) is 6.07 Å². The fourth-order valence-corrected chi connectivity index (χ4v) is 3.87. The Labute approximate surface area is 174 Å². The Hall–Kier alpha value is -2.85. The van der Waals surface area contributed by atoms with Gasteiger partial charge in [-0.2, -0.15) is 15.0 Å². The van der Waals surface area contributed by atoms with E-state index in [0.717, 1.165) is 32.6 Å². The number of hydrogen-bond donors (Lipinski definition) is 0. The van der Waals surface area contributed by atoms with Gasteiger partial charge in [-0.05, 0) is 18.6 Å². The third kappa shape index (κ3) is 3.92. The Bertz CT molecular complexity index is 877. The first-order valence-corrected chi connectivity index (χ1v) is 10.5. The quantitative estimate of drug-likeness (QED) is 0.721. The van der Waals surface area contributed by atoms with E-state index in [1.165, 1.54) is 0 Å². The van der Waals surface area contributed by atoms with Crippen LogP contribution in [-0.4, -0.2) is 85.0 Å². The summed E-state index contributed by atoms with van der Waals surface area (Å²) in [5.41, 5.74) is 0.638. The van der Waals surface area contributed by atoms with E-state index in [0.29, 0.717) is 68.6 Å². The van der Waals surface area contributed by atoms with Crippen molar-refractivity contribution < 1.29 is 14.3 Å². The number of pyridine rings is 1. The topological polar surface area (TPSA) is 96.8 Å². The lowest BCUT2D eigenvalue weighted by atomic mass is 10.3. The molecule has 0 bridgehead atoms. The summed E-state index contributed by atoms with van der Waals surface area (Å²) in [6.45, 7) is 6.26. The lowest BCUT2D eigenvalue weighted by Crippen LogP contribution is -2.40. The zero-order chi connectivity index (χ0) is 20.3. The van der Waals surface area contributed by atoms with E-state index in [1.807, 2.05) is 18.2 Å². The third-order valence-corrected chi connectivity index (χ3v) is 5.51. The molecule has 0 spiro atoms. The first-order chi connectivity index (χ1) is 14.8. The van der Waals surface area contributed by atoms with E-state index in [1.54, 1.807) is 4.90 Å². The molecule has 2 aromatic rings. The van der Waals surface area contributed by atoms with Crippen LogP contribution in [0, 0.1) is 0 Å². The summed E-state index contributed by atoms with van der Waals surface area (Å²) in [7, 11) is 0. The molecular formula is C20H25N7O3. The predicted molar refractivity (Wildman–Crippen MR) is 111 cm³/mol. The van der Waals surface area contributed by atoms with Crippen molar-refractivity contribution >= 4 is 23.6 Å². The standard InChI is InChI=1S/C20H25N7O3/c28-17-5-2-6-27(17)16-4-1-3-15(21-16)18-22-19(25-7-11-29-12-8-25)24-20(23-18)26-9-13-30-14-10-26/h1,3-4H,2,5-14H2. The SMILES string of the molecule is O=C1CCCN1c1cccc(-c2nc(N3CCOCC3)nc(N3CCOCC3)n2)n1. The van der Waals surface area contributed by atoms with Crippen molar-refractivity contribution in [1.29, 1.82) is 0 Å². The second-order valence-electron chi connectivity index (χ2n) is 7.49. The fraction of sp³-hybridized carbons (Fsp3) is 0.550. The van der Waals surface area contributed by atoms with Crippen LogP contribution in [0.2, 0.25) is 0 Å². The molecule has 1 amide bonds. The molecule has 5 heterocycles. The molecule has 30 heavy (non-hydrogen) atoms. The molecule has 3 saturated heterocycles. The lowest BCUT2D eigenvalue weighted by Gasteiger charge is -2.30. The van der Waals surface area contributed by atoms with Gasteiger partial charge in [0.05, 0.1) is 26.4 Å². The average molecular weight is 411 g/mol. The monoisotopic (exact) mass is 411 g/mol. The van der Waals surface area contributed by atoms with Gasteiger partial charge in [-0.3, -0.25) is 9.69 Å². The van der Waals surface area contributed by atoms with E-state index < -0.39 is 0 Å².